The summed E-state index contributed by atoms with van der Waals surface area (Å²) in [5, 5.41) is 12.5. The van der Waals surface area contributed by atoms with E-state index in [0.29, 0.717) is 5.76 Å². The molecular formula is C8H11NO2. The van der Waals surface area contributed by atoms with Gasteiger partial charge in [0.15, 0.2) is 0 Å². The lowest BCUT2D eigenvalue weighted by Crippen LogP contribution is -2.19. The van der Waals surface area contributed by atoms with E-state index in [1.54, 1.807) is 6.08 Å². The second-order valence-electron chi connectivity index (χ2n) is 2.88. The fourth-order valence-corrected chi connectivity index (χ4v) is 1.50. The van der Waals surface area contributed by atoms with Gasteiger partial charge >= 0.3 is 0 Å². The van der Waals surface area contributed by atoms with Crippen molar-refractivity contribution >= 4 is 0 Å². The number of ether oxygens (including phenoxy) is 1. The molecule has 3 nitrogen and oxygen atoms in total. The van der Waals surface area contributed by atoms with Gasteiger partial charge in [-0.1, -0.05) is 0 Å². The van der Waals surface area contributed by atoms with Crippen LogP contribution in [0.15, 0.2) is 23.3 Å². The minimum absolute atomic E-state index is 0.0694. The highest BCUT2D eigenvalue weighted by molar-refractivity contribution is 5.28. The van der Waals surface area contributed by atoms with Crippen molar-refractivity contribution in [2.75, 3.05) is 6.54 Å². The Morgan fingerprint density at radius 3 is 3.36 bits per heavy atom. The molecule has 1 atom stereocenters. The van der Waals surface area contributed by atoms with Crippen LogP contribution in [0.3, 0.4) is 0 Å². The van der Waals surface area contributed by atoms with E-state index in [0.717, 1.165) is 24.4 Å². The van der Waals surface area contributed by atoms with Crippen molar-refractivity contribution in [3.8, 4) is 0 Å². The van der Waals surface area contributed by atoms with Gasteiger partial charge in [-0.2, -0.15) is 0 Å². The molecule has 2 N–H and O–H groups in total. The van der Waals surface area contributed by atoms with Crippen LogP contribution in [-0.2, 0) is 4.74 Å². The molecule has 2 aliphatic rings. The van der Waals surface area contributed by atoms with Crippen LogP contribution in [-0.4, -0.2) is 17.8 Å². The van der Waals surface area contributed by atoms with Gasteiger partial charge in [-0.05, 0) is 6.92 Å². The topological polar surface area (TPSA) is 41.5 Å². The van der Waals surface area contributed by atoms with Crippen molar-refractivity contribution in [1.82, 2.24) is 5.32 Å². The summed E-state index contributed by atoms with van der Waals surface area (Å²) < 4.78 is 5.46. The molecule has 0 aromatic heterocycles. The van der Waals surface area contributed by atoms with Crippen LogP contribution in [0.4, 0.5) is 0 Å². The largest absolute Gasteiger partial charge is 0.506 e. The summed E-state index contributed by atoms with van der Waals surface area (Å²) in [4.78, 5) is 0. The first-order valence-electron chi connectivity index (χ1n) is 3.79. The summed E-state index contributed by atoms with van der Waals surface area (Å²) in [5.41, 5.74) is 0.843. The Hall–Kier alpha value is -1.12. The monoisotopic (exact) mass is 153 g/mol. The summed E-state index contributed by atoms with van der Waals surface area (Å²) in [6.45, 7) is 2.75. The average Bonchev–Trinajstić information content (AvgIpc) is 2.34. The average molecular weight is 153 g/mol. The SMILES string of the molecule is CC1=CC(O)=C2NCCC2O1. The zero-order valence-electron chi connectivity index (χ0n) is 6.42. The smallest absolute Gasteiger partial charge is 0.143 e. The molecule has 2 aliphatic heterocycles. The number of fused-ring (bicyclic) bond motifs is 1. The fourth-order valence-electron chi connectivity index (χ4n) is 1.50. The number of aliphatic hydroxyl groups is 1. The molecule has 1 unspecified atom stereocenters. The van der Waals surface area contributed by atoms with E-state index in [-0.39, 0.29) is 6.10 Å². The molecular weight excluding hydrogens is 142 g/mol. The van der Waals surface area contributed by atoms with E-state index in [9.17, 15) is 5.11 Å². The minimum Gasteiger partial charge on any atom is -0.506 e. The van der Waals surface area contributed by atoms with Crippen molar-refractivity contribution < 1.29 is 9.84 Å². The van der Waals surface area contributed by atoms with Crippen LogP contribution >= 0.6 is 0 Å². The van der Waals surface area contributed by atoms with Gasteiger partial charge in [-0.15, -0.1) is 0 Å². The number of hydrogen-bond acceptors (Lipinski definition) is 3. The van der Waals surface area contributed by atoms with Crippen molar-refractivity contribution in [3.05, 3.63) is 23.3 Å². The standard InChI is InChI=1S/C8H11NO2/c1-5-4-6(10)8-7(11-5)2-3-9-8/h4,7,9-10H,2-3H2,1H3. The van der Waals surface area contributed by atoms with E-state index in [1.165, 1.54) is 0 Å². The summed E-state index contributed by atoms with van der Waals surface area (Å²) >= 11 is 0. The third kappa shape index (κ3) is 0.964. The third-order valence-corrected chi connectivity index (χ3v) is 1.99. The van der Waals surface area contributed by atoms with E-state index < -0.39 is 0 Å². The first kappa shape index (κ1) is 6.58. The molecule has 0 amide bonds. The van der Waals surface area contributed by atoms with Gasteiger partial charge in [0.05, 0.1) is 11.5 Å². The van der Waals surface area contributed by atoms with Gasteiger partial charge in [0.2, 0.25) is 0 Å². The highest BCUT2D eigenvalue weighted by Crippen LogP contribution is 2.25. The Labute approximate surface area is 65.4 Å². The Balaban J connectivity index is 2.34. The summed E-state index contributed by atoms with van der Waals surface area (Å²) in [7, 11) is 0. The molecule has 60 valence electrons. The van der Waals surface area contributed by atoms with Gasteiger partial charge in [0.25, 0.3) is 0 Å². The quantitative estimate of drug-likeness (QED) is 0.546. The Bertz CT molecular complexity index is 242. The van der Waals surface area contributed by atoms with Crippen LogP contribution in [0.25, 0.3) is 0 Å². The van der Waals surface area contributed by atoms with Crippen molar-refractivity contribution in [2.24, 2.45) is 0 Å². The number of aliphatic hydroxyl groups excluding tert-OH is 1. The van der Waals surface area contributed by atoms with Crippen molar-refractivity contribution in [2.45, 2.75) is 19.4 Å². The Morgan fingerprint density at radius 2 is 2.55 bits per heavy atom. The van der Waals surface area contributed by atoms with Crippen LogP contribution in [0.2, 0.25) is 0 Å². The number of allylic oxidation sites excluding steroid dienone is 2. The van der Waals surface area contributed by atoms with Gasteiger partial charge in [-0.3, -0.25) is 0 Å². The summed E-state index contributed by atoms with van der Waals surface area (Å²) in [6, 6.07) is 0. The second-order valence-corrected chi connectivity index (χ2v) is 2.88. The van der Waals surface area contributed by atoms with Gasteiger partial charge in [-0.25, -0.2) is 0 Å². The molecule has 3 heteroatoms. The van der Waals surface area contributed by atoms with Crippen LogP contribution < -0.4 is 5.32 Å². The zero-order valence-corrected chi connectivity index (χ0v) is 6.42. The van der Waals surface area contributed by atoms with E-state index >= 15 is 0 Å². The number of nitrogens with one attached hydrogen (secondary N) is 1. The van der Waals surface area contributed by atoms with Crippen molar-refractivity contribution in [3.63, 3.8) is 0 Å². The molecule has 2 heterocycles. The Kier molecular flexibility index (Phi) is 1.31. The molecule has 0 aromatic carbocycles. The highest BCUT2D eigenvalue weighted by atomic mass is 16.5. The van der Waals surface area contributed by atoms with E-state index in [2.05, 4.69) is 5.32 Å². The first-order valence-corrected chi connectivity index (χ1v) is 3.79. The third-order valence-electron chi connectivity index (χ3n) is 1.99. The molecule has 1 saturated heterocycles. The maximum Gasteiger partial charge on any atom is 0.143 e. The van der Waals surface area contributed by atoms with Gasteiger partial charge < -0.3 is 15.2 Å². The van der Waals surface area contributed by atoms with Gasteiger partial charge in [0.1, 0.15) is 11.9 Å². The predicted octanol–water partition coefficient (Wildman–Crippen LogP) is 1.05. The van der Waals surface area contributed by atoms with Crippen LogP contribution in [0, 0.1) is 0 Å². The fraction of sp³-hybridized carbons (Fsp3) is 0.500. The molecule has 0 saturated carbocycles. The van der Waals surface area contributed by atoms with Crippen LogP contribution in [0.5, 0.6) is 0 Å². The summed E-state index contributed by atoms with van der Waals surface area (Å²) in [5.74, 6) is 1.12. The predicted molar refractivity (Wildman–Crippen MR) is 40.9 cm³/mol. The maximum absolute atomic E-state index is 9.41. The normalized spacial score (nSPS) is 28.8. The molecule has 2 rings (SSSR count). The zero-order chi connectivity index (χ0) is 7.84. The maximum atomic E-state index is 9.41. The lowest BCUT2D eigenvalue weighted by atomic mass is 10.2. The molecule has 11 heavy (non-hydrogen) atoms. The summed E-state index contributed by atoms with van der Waals surface area (Å²) in [6.07, 6.45) is 2.66. The lowest BCUT2D eigenvalue weighted by Gasteiger charge is -2.19. The molecule has 1 fully saturated rings. The first-order chi connectivity index (χ1) is 5.27. The van der Waals surface area contributed by atoms with Crippen molar-refractivity contribution in [1.29, 1.82) is 0 Å². The highest BCUT2D eigenvalue weighted by Gasteiger charge is 2.28. The van der Waals surface area contributed by atoms with E-state index in [1.807, 2.05) is 6.92 Å². The van der Waals surface area contributed by atoms with Crippen LogP contribution in [0.1, 0.15) is 13.3 Å². The van der Waals surface area contributed by atoms with E-state index in [4.69, 9.17) is 4.74 Å². The lowest BCUT2D eigenvalue weighted by molar-refractivity contribution is 0.139. The van der Waals surface area contributed by atoms with Gasteiger partial charge in [0, 0.05) is 19.0 Å². The number of hydrogen-bond donors (Lipinski definition) is 2. The second kappa shape index (κ2) is 2.19. The molecule has 0 aliphatic carbocycles. The molecule has 0 aromatic rings. The number of rotatable bonds is 0. The molecule has 0 spiro atoms. The molecule has 0 bridgehead atoms. The molecule has 0 radical (unpaired) electrons. The Morgan fingerprint density at radius 1 is 1.73 bits per heavy atom. The minimum atomic E-state index is 0.0694.